The van der Waals surface area contributed by atoms with Crippen LogP contribution < -0.4 is 5.14 Å². The molecule has 0 saturated heterocycles. The number of rotatable bonds is 3. The molecule has 1 heterocycles. The van der Waals surface area contributed by atoms with E-state index in [1.165, 1.54) is 18.2 Å². The Labute approximate surface area is 146 Å². The molecule has 0 radical (unpaired) electrons. The zero-order valence-corrected chi connectivity index (χ0v) is 13.9. The molecule has 0 aromatic heterocycles. The highest BCUT2D eigenvalue weighted by atomic mass is 35.5. The molecule has 0 unspecified atom stereocenters. The van der Waals surface area contributed by atoms with Crippen LogP contribution in [0.25, 0.3) is 0 Å². The van der Waals surface area contributed by atoms with Crippen LogP contribution in [-0.4, -0.2) is 31.3 Å². The fourth-order valence-corrected chi connectivity index (χ4v) is 3.31. The molecule has 8 nitrogen and oxygen atoms in total. The zero-order valence-electron chi connectivity index (χ0n) is 12.3. The molecule has 0 atom stereocenters. The van der Waals surface area contributed by atoms with E-state index in [9.17, 15) is 22.8 Å². The molecule has 128 valence electrons. The summed E-state index contributed by atoms with van der Waals surface area (Å²) in [5.74, 6) is -2.71. The first-order valence-corrected chi connectivity index (χ1v) is 8.65. The predicted molar refractivity (Wildman–Crippen MR) is 85.2 cm³/mol. The summed E-state index contributed by atoms with van der Waals surface area (Å²) in [6.07, 6.45) is 0. The highest BCUT2D eigenvalue weighted by Gasteiger charge is 2.38. The lowest BCUT2D eigenvalue weighted by Crippen LogP contribution is -2.32. The molecule has 2 aromatic carbocycles. The number of primary sulfonamides is 1. The van der Waals surface area contributed by atoms with Crippen LogP contribution in [0.15, 0.2) is 47.4 Å². The van der Waals surface area contributed by atoms with Crippen molar-refractivity contribution in [3.05, 3.63) is 64.2 Å². The normalized spacial score (nSPS) is 13.8. The maximum absolute atomic E-state index is 12.2. The highest BCUT2D eigenvalue weighted by molar-refractivity contribution is 7.89. The van der Waals surface area contributed by atoms with Crippen LogP contribution in [0.2, 0.25) is 5.02 Å². The van der Waals surface area contributed by atoms with E-state index in [0.29, 0.717) is 5.06 Å². The second-order valence-electron chi connectivity index (χ2n) is 5.02. The van der Waals surface area contributed by atoms with Gasteiger partial charge in [-0.25, -0.2) is 18.4 Å². The SMILES string of the molecule is NS(=O)(=O)c1cc(C(=O)ON2C(=O)c3ccccc3C2=O)ccc1Cl. The molecule has 1 aliphatic heterocycles. The van der Waals surface area contributed by atoms with E-state index >= 15 is 0 Å². The Kier molecular flexibility index (Phi) is 4.07. The van der Waals surface area contributed by atoms with Crippen molar-refractivity contribution in [2.45, 2.75) is 4.90 Å². The number of imide groups is 1. The standard InChI is InChI=1S/C15H9ClN2O6S/c16-11-6-5-8(7-12(11)25(17,22)23)15(21)24-18-13(19)9-3-1-2-4-10(9)14(18)20/h1-7H,(H2,17,22,23). The average molecular weight is 381 g/mol. The summed E-state index contributed by atoms with van der Waals surface area (Å²) in [6, 6.07) is 9.19. The smallest absolute Gasteiger partial charge is 0.324 e. The molecule has 1 aliphatic rings. The van der Waals surface area contributed by atoms with Crippen molar-refractivity contribution >= 4 is 39.4 Å². The van der Waals surface area contributed by atoms with Crippen LogP contribution >= 0.6 is 11.6 Å². The summed E-state index contributed by atoms with van der Waals surface area (Å²) in [4.78, 5) is 40.8. The molecule has 0 spiro atoms. The maximum atomic E-state index is 12.2. The van der Waals surface area contributed by atoms with E-state index < -0.39 is 32.7 Å². The lowest BCUT2D eigenvalue weighted by molar-refractivity contribution is -0.0584. The summed E-state index contributed by atoms with van der Waals surface area (Å²) >= 11 is 5.73. The lowest BCUT2D eigenvalue weighted by Gasteiger charge is -2.13. The van der Waals surface area contributed by atoms with Crippen molar-refractivity contribution in [3.63, 3.8) is 0 Å². The van der Waals surface area contributed by atoms with E-state index in [-0.39, 0.29) is 21.7 Å². The van der Waals surface area contributed by atoms with Crippen LogP contribution in [0, 0.1) is 0 Å². The number of hydroxylamine groups is 2. The second-order valence-corrected chi connectivity index (χ2v) is 6.96. The van der Waals surface area contributed by atoms with Gasteiger partial charge in [0.2, 0.25) is 10.0 Å². The summed E-state index contributed by atoms with van der Waals surface area (Å²) in [5, 5.41) is 5.15. The third kappa shape index (κ3) is 3.00. The number of amides is 2. The average Bonchev–Trinajstić information content (AvgIpc) is 2.79. The zero-order chi connectivity index (χ0) is 18.4. The van der Waals surface area contributed by atoms with E-state index in [4.69, 9.17) is 21.6 Å². The Hall–Kier alpha value is -2.75. The van der Waals surface area contributed by atoms with E-state index in [1.54, 1.807) is 12.1 Å². The van der Waals surface area contributed by atoms with Gasteiger partial charge in [-0.3, -0.25) is 9.59 Å². The quantitative estimate of drug-likeness (QED) is 0.801. The van der Waals surface area contributed by atoms with Crippen LogP contribution in [0.5, 0.6) is 0 Å². The molecule has 0 aliphatic carbocycles. The predicted octanol–water partition coefficient (Wildman–Crippen LogP) is 1.36. The second kappa shape index (κ2) is 5.96. The van der Waals surface area contributed by atoms with Crippen LogP contribution in [0.1, 0.15) is 31.1 Å². The van der Waals surface area contributed by atoms with Crippen LogP contribution in [0.3, 0.4) is 0 Å². The number of hydrogen-bond donors (Lipinski definition) is 1. The molecule has 2 aromatic rings. The maximum Gasteiger partial charge on any atom is 0.363 e. The number of hydrogen-bond acceptors (Lipinski definition) is 6. The van der Waals surface area contributed by atoms with Crippen molar-refractivity contribution in [1.82, 2.24) is 5.06 Å². The van der Waals surface area contributed by atoms with Gasteiger partial charge in [0.1, 0.15) is 4.90 Å². The minimum atomic E-state index is -4.17. The first kappa shape index (κ1) is 17.1. The number of sulfonamides is 1. The number of carbonyl (C=O) groups is 3. The fraction of sp³-hybridized carbons (Fsp3) is 0. The lowest BCUT2D eigenvalue weighted by atomic mass is 10.1. The summed E-state index contributed by atoms with van der Waals surface area (Å²) in [5.41, 5.74) is -0.0479. The monoisotopic (exact) mass is 380 g/mol. The molecular formula is C15H9ClN2O6S. The van der Waals surface area contributed by atoms with Crippen molar-refractivity contribution in [2.24, 2.45) is 5.14 Å². The largest absolute Gasteiger partial charge is 0.363 e. The number of nitrogens with zero attached hydrogens (tertiary/aromatic N) is 1. The summed E-state index contributed by atoms with van der Waals surface area (Å²) in [6.45, 7) is 0. The van der Waals surface area contributed by atoms with Gasteiger partial charge in [-0.2, -0.15) is 0 Å². The fourth-order valence-electron chi connectivity index (χ4n) is 2.23. The molecule has 2 N–H and O–H groups in total. The molecule has 10 heteroatoms. The minimum absolute atomic E-state index is 0.0987. The Balaban J connectivity index is 1.90. The van der Waals surface area contributed by atoms with Crippen molar-refractivity contribution in [2.75, 3.05) is 0 Å². The summed E-state index contributed by atoms with van der Waals surface area (Å²) in [7, 11) is -4.17. The molecule has 0 bridgehead atoms. The van der Waals surface area contributed by atoms with Gasteiger partial charge < -0.3 is 4.84 Å². The van der Waals surface area contributed by atoms with Crippen LogP contribution in [0.4, 0.5) is 0 Å². The Morgan fingerprint density at radius 3 is 2.12 bits per heavy atom. The van der Waals surface area contributed by atoms with Crippen molar-refractivity contribution in [3.8, 4) is 0 Å². The van der Waals surface area contributed by atoms with Crippen molar-refractivity contribution < 1.29 is 27.6 Å². The number of benzene rings is 2. The molecule has 0 saturated carbocycles. The topological polar surface area (TPSA) is 124 Å². The van der Waals surface area contributed by atoms with Crippen molar-refractivity contribution in [1.29, 1.82) is 0 Å². The number of carbonyl (C=O) groups excluding carboxylic acids is 3. The first-order chi connectivity index (χ1) is 11.7. The van der Waals surface area contributed by atoms with E-state index in [2.05, 4.69) is 0 Å². The van der Waals surface area contributed by atoms with E-state index in [0.717, 1.165) is 12.1 Å². The van der Waals surface area contributed by atoms with Gasteiger partial charge in [-0.1, -0.05) is 28.8 Å². The number of nitrogens with two attached hydrogens (primary N) is 1. The van der Waals surface area contributed by atoms with Gasteiger partial charge >= 0.3 is 5.97 Å². The highest BCUT2D eigenvalue weighted by Crippen LogP contribution is 2.25. The van der Waals surface area contributed by atoms with Gasteiger partial charge in [0.05, 0.1) is 21.7 Å². The van der Waals surface area contributed by atoms with Crippen LogP contribution in [-0.2, 0) is 14.9 Å². The Bertz CT molecular complexity index is 999. The van der Waals surface area contributed by atoms with Gasteiger partial charge in [-0.15, -0.1) is 0 Å². The third-order valence-electron chi connectivity index (χ3n) is 3.40. The molecule has 2 amide bonds. The molecule has 0 fully saturated rings. The molecule has 25 heavy (non-hydrogen) atoms. The number of halogens is 1. The number of fused-ring (bicyclic) bond motifs is 1. The van der Waals surface area contributed by atoms with E-state index in [1.807, 2.05) is 0 Å². The Morgan fingerprint density at radius 2 is 1.60 bits per heavy atom. The van der Waals surface area contributed by atoms with Gasteiger partial charge in [0.25, 0.3) is 11.8 Å². The summed E-state index contributed by atoms with van der Waals surface area (Å²) < 4.78 is 22.9. The Morgan fingerprint density at radius 1 is 1.04 bits per heavy atom. The van der Waals surface area contributed by atoms with Gasteiger partial charge in [0.15, 0.2) is 0 Å². The van der Waals surface area contributed by atoms with Gasteiger partial charge in [-0.05, 0) is 30.3 Å². The minimum Gasteiger partial charge on any atom is -0.324 e. The third-order valence-corrected chi connectivity index (χ3v) is 4.80. The molecule has 3 rings (SSSR count). The molecular weight excluding hydrogens is 372 g/mol. The van der Waals surface area contributed by atoms with Gasteiger partial charge in [0, 0.05) is 0 Å². The first-order valence-electron chi connectivity index (χ1n) is 6.72.